The molecule has 2 rings (SSSR count). The lowest BCUT2D eigenvalue weighted by Gasteiger charge is -2.47. The van der Waals surface area contributed by atoms with Crippen LogP contribution in [0.2, 0.25) is 0 Å². The van der Waals surface area contributed by atoms with Gasteiger partial charge in [0.1, 0.15) is 0 Å². The second kappa shape index (κ2) is 4.48. The van der Waals surface area contributed by atoms with Crippen molar-refractivity contribution in [3.05, 3.63) is 0 Å². The van der Waals surface area contributed by atoms with E-state index in [1.54, 1.807) is 11.9 Å². The zero-order valence-corrected chi connectivity index (χ0v) is 11.3. The molecule has 0 bridgehead atoms. The summed E-state index contributed by atoms with van der Waals surface area (Å²) in [7, 11) is 1.77. The minimum absolute atomic E-state index is 0.0127. The Bertz CT molecular complexity index is 345. The van der Waals surface area contributed by atoms with E-state index < -0.39 is 0 Å². The highest BCUT2D eigenvalue weighted by Crippen LogP contribution is 2.36. The third-order valence-electron chi connectivity index (χ3n) is 3.83. The molecule has 96 valence electrons. The molecule has 3 atom stereocenters. The normalized spacial score (nSPS) is 34.3. The molecule has 1 saturated carbocycles. The fourth-order valence-electron chi connectivity index (χ4n) is 2.87. The summed E-state index contributed by atoms with van der Waals surface area (Å²) >= 11 is 6.13. The predicted molar refractivity (Wildman–Crippen MR) is 65.9 cm³/mol. The summed E-state index contributed by atoms with van der Waals surface area (Å²) in [5.41, 5.74) is 0. The molecule has 0 radical (unpaired) electrons. The molecule has 1 heterocycles. The lowest BCUT2D eigenvalue weighted by Crippen LogP contribution is -2.63. The van der Waals surface area contributed by atoms with Gasteiger partial charge in [-0.05, 0) is 33.1 Å². The highest BCUT2D eigenvalue weighted by Gasteiger charge is 2.47. The molecule has 3 amide bonds. The summed E-state index contributed by atoms with van der Waals surface area (Å²) in [5.74, 6) is -0.0771. The number of carbonyl (C=O) groups excluding carboxylic acids is 2. The Kier molecular flexibility index (Phi) is 3.34. The Morgan fingerprint density at radius 2 is 1.94 bits per heavy atom. The number of hydrogen-bond acceptors (Lipinski definition) is 2. The predicted octanol–water partition coefficient (Wildman–Crippen LogP) is 2.06. The Morgan fingerprint density at radius 1 is 1.29 bits per heavy atom. The lowest BCUT2D eigenvalue weighted by molar-refractivity contribution is -0.141. The molecular formula is C12H19ClN2O2. The van der Waals surface area contributed by atoms with Crippen molar-refractivity contribution in [2.45, 2.75) is 50.6 Å². The summed E-state index contributed by atoms with van der Waals surface area (Å²) in [5, 5.41) is 0.0879. The molecule has 5 heteroatoms. The van der Waals surface area contributed by atoms with Gasteiger partial charge in [-0.2, -0.15) is 0 Å². The highest BCUT2D eigenvalue weighted by molar-refractivity contribution is 6.20. The maximum Gasteiger partial charge on any atom is 0.326 e. The van der Waals surface area contributed by atoms with Crippen LogP contribution in [0.5, 0.6) is 0 Å². The maximum atomic E-state index is 12.3. The second-order valence-electron chi connectivity index (χ2n) is 5.28. The van der Waals surface area contributed by atoms with Gasteiger partial charge in [0.15, 0.2) is 0 Å². The number of rotatable bonds is 1. The van der Waals surface area contributed by atoms with Crippen molar-refractivity contribution in [3.8, 4) is 0 Å². The van der Waals surface area contributed by atoms with Crippen molar-refractivity contribution in [2.75, 3.05) is 7.05 Å². The van der Waals surface area contributed by atoms with Gasteiger partial charge in [0.2, 0.25) is 5.91 Å². The van der Waals surface area contributed by atoms with Crippen LogP contribution >= 0.6 is 11.6 Å². The molecule has 0 N–H and O–H groups in total. The molecule has 4 nitrogen and oxygen atoms in total. The number of carbonyl (C=O) groups is 2. The number of amides is 3. The Hall–Kier alpha value is -0.770. The van der Waals surface area contributed by atoms with Crippen molar-refractivity contribution >= 4 is 23.5 Å². The van der Waals surface area contributed by atoms with Gasteiger partial charge >= 0.3 is 6.03 Å². The van der Waals surface area contributed by atoms with Crippen molar-refractivity contribution in [1.29, 1.82) is 0 Å². The van der Waals surface area contributed by atoms with Gasteiger partial charge in [0.05, 0.1) is 5.92 Å². The van der Waals surface area contributed by atoms with Crippen LogP contribution in [0.3, 0.4) is 0 Å². The minimum atomic E-state index is -0.183. The van der Waals surface area contributed by atoms with Crippen LogP contribution in [-0.4, -0.2) is 46.2 Å². The van der Waals surface area contributed by atoms with Crippen LogP contribution in [0.15, 0.2) is 0 Å². The molecule has 2 aliphatic rings. The van der Waals surface area contributed by atoms with E-state index in [1.807, 2.05) is 13.8 Å². The first-order chi connectivity index (χ1) is 7.93. The molecule has 0 aromatic carbocycles. The molecule has 1 aliphatic heterocycles. The molecule has 0 spiro atoms. The van der Waals surface area contributed by atoms with Gasteiger partial charge in [0.25, 0.3) is 0 Å². The second-order valence-corrected chi connectivity index (χ2v) is 5.90. The summed E-state index contributed by atoms with van der Waals surface area (Å²) in [6.45, 7) is 3.74. The lowest BCUT2D eigenvalue weighted by atomic mass is 9.81. The fourth-order valence-corrected chi connectivity index (χ4v) is 3.18. The molecule has 0 aromatic rings. The molecule has 0 aromatic heterocycles. The van der Waals surface area contributed by atoms with E-state index in [-0.39, 0.29) is 35.3 Å². The average molecular weight is 259 g/mol. The van der Waals surface area contributed by atoms with Gasteiger partial charge in [0, 0.05) is 24.5 Å². The van der Waals surface area contributed by atoms with Crippen LogP contribution < -0.4 is 0 Å². The minimum Gasteiger partial charge on any atom is -0.323 e. The first-order valence-electron chi connectivity index (χ1n) is 6.17. The molecule has 2 fully saturated rings. The van der Waals surface area contributed by atoms with Crippen LogP contribution in [0, 0.1) is 5.92 Å². The number of alkyl halides is 1. The maximum absolute atomic E-state index is 12.3. The zero-order chi connectivity index (χ0) is 12.7. The van der Waals surface area contributed by atoms with E-state index in [0.717, 1.165) is 19.3 Å². The van der Waals surface area contributed by atoms with Gasteiger partial charge < -0.3 is 4.90 Å². The Labute approximate surface area is 107 Å². The number of hydrogen-bond donors (Lipinski definition) is 0. The van der Waals surface area contributed by atoms with Crippen molar-refractivity contribution < 1.29 is 9.59 Å². The van der Waals surface area contributed by atoms with Crippen molar-refractivity contribution in [2.24, 2.45) is 5.92 Å². The number of fused-ring (bicyclic) bond motifs is 1. The number of imide groups is 1. The topological polar surface area (TPSA) is 40.6 Å². The van der Waals surface area contributed by atoms with Crippen LogP contribution in [0.4, 0.5) is 4.79 Å². The van der Waals surface area contributed by atoms with Gasteiger partial charge in [-0.25, -0.2) is 4.79 Å². The van der Waals surface area contributed by atoms with Gasteiger partial charge in [-0.1, -0.05) is 0 Å². The smallest absolute Gasteiger partial charge is 0.323 e. The summed E-state index contributed by atoms with van der Waals surface area (Å²) in [4.78, 5) is 27.5. The molecular weight excluding hydrogens is 240 g/mol. The fraction of sp³-hybridized carbons (Fsp3) is 0.833. The standard InChI is InChI=1S/C12H19ClN2O2/c1-7(2)15-11(16)9-5-4-8(13)6-10(9)14(3)12(15)17/h7-10H,4-6H2,1-3H3. The van der Waals surface area contributed by atoms with E-state index in [1.165, 1.54) is 4.90 Å². The highest BCUT2D eigenvalue weighted by atomic mass is 35.5. The number of nitrogens with zero attached hydrogens (tertiary/aromatic N) is 2. The van der Waals surface area contributed by atoms with E-state index in [2.05, 4.69) is 0 Å². The van der Waals surface area contributed by atoms with E-state index in [9.17, 15) is 9.59 Å². The largest absolute Gasteiger partial charge is 0.326 e. The Morgan fingerprint density at radius 3 is 2.53 bits per heavy atom. The summed E-state index contributed by atoms with van der Waals surface area (Å²) in [6.07, 6.45) is 2.38. The van der Waals surface area contributed by atoms with E-state index in [4.69, 9.17) is 11.6 Å². The molecule has 1 saturated heterocycles. The van der Waals surface area contributed by atoms with Crippen LogP contribution in [-0.2, 0) is 4.79 Å². The third kappa shape index (κ3) is 2.03. The molecule has 3 unspecified atom stereocenters. The third-order valence-corrected chi connectivity index (χ3v) is 4.23. The summed E-state index contributed by atoms with van der Waals surface area (Å²) in [6, 6.07) is -0.273. The molecule has 17 heavy (non-hydrogen) atoms. The average Bonchev–Trinajstić information content (AvgIpc) is 2.25. The van der Waals surface area contributed by atoms with Crippen molar-refractivity contribution in [1.82, 2.24) is 9.80 Å². The van der Waals surface area contributed by atoms with Gasteiger partial charge in [-0.15, -0.1) is 11.6 Å². The first-order valence-corrected chi connectivity index (χ1v) is 6.61. The molecule has 1 aliphatic carbocycles. The SMILES string of the molecule is CC(C)N1C(=O)C2CCC(Cl)CC2N(C)C1=O. The number of halogens is 1. The van der Waals surface area contributed by atoms with Crippen molar-refractivity contribution in [3.63, 3.8) is 0 Å². The monoisotopic (exact) mass is 258 g/mol. The Balaban J connectivity index is 2.27. The zero-order valence-electron chi connectivity index (χ0n) is 10.5. The van der Waals surface area contributed by atoms with Crippen LogP contribution in [0.25, 0.3) is 0 Å². The first kappa shape index (κ1) is 12.7. The number of urea groups is 1. The summed E-state index contributed by atoms with van der Waals surface area (Å²) < 4.78 is 0. The van der Waals surface area contributed by atoms with E-state index in [0.29, 0.717) is 0 Å². The van der Waals surface area contributed by atoms with Crippen LogP contribution in [0.1, 0.15) is 33.1 Å². The quantitative estimate of drug-likeness (QED) is 0.676. The van der Waals surface area contributed by atoms with Gasteiger partial charge in [-0.3, -0.25) is 9.69 Å². The van der Waals surface area contributed by atoms with E-state index >= 15 is 0 Å².